The van der Waals surface area contributed by atoms with E-state index in [4.69, 9.17) is 4.74 Å². The topological polar surface area (TPSA) is 76.1 Å². The van der Waals surface area contributed by atoms with Crippen LogP contribution in [0.25, 0.3) is 11.0 Å². The Bertz CT molecular complexity index is 851. The number of rotatable bonds is 3. The highest BCUT2D eigenvalue weighted by atomic mass is 19.4. The minimum atomic E-state index is -4.52. The molecule has 1 aliphatic heterocycles. The first-order valence-electron chi connectivity index (χ1n) is 7.52. The van der Waals surface area contributed by atoms with Crippen molar-refractivity contribution in [2.45, 2.75) is 25.2 Å². The lowest BCUT2D eigenvalue weighted by Crippen LogP contribution is -2.41. The molecule has 1 unspecified atom stereocenters. The number of H-pyrrole nitrogens is 1. The minimum Gasteiger partial charge on any atom is -0.376 e. The molecule has 1 aromatic carbocycles. The molecule has 0 aliphatic carbocycles. The maximum absolute atomic E-state index is 12.8. The second-order valence-electron chi connectivity index (χ2n) is 5.63. The molecule has 0 saturated carbocycles. The first kappa shape index (κ1) is 16.7. The van der Waals surface area contributed by atoms with Crippen LogP contribution >= 0.6 is 0 Å². The highest BCUT2D eigenvalue weighted by Gasteiger charge is 2.30. The van der Waals surface area contributed by atoms with Crippen LogP contribution in [-0.4, -0.2) is 35.4 Å². The number of alkyl halides is 3. The Hall–Kier alpha value is -2.13. The smallest absolute Gasteiger partial charge is 0.376 e. The predicted octanol–water partition coefficient (Wildman–Crippen LogP) is 1.09. The summed E-state index contributed by atoms with van der Waals surface area (Å²) in [5.74, 6) is 0. The molecule has 1 atom stereocenters. The third kappa shape index (κ3) is 3.36. The van der Waals surface area contributed by atoms with Crippen LogP contribution in [0.3, 0.4) is 0 Å². The molecule has 1 aromatic heterocycles. The van der Waals surface area contributed by atoms with E-state index in [9.17, 15) is 22.8 Å². The molecule has 1 fully saturated rings. The summed E-state index contributed by atoms with van der Waals surface area (Å²) >= 11 is 0. The number of nitrogens with zero attached hydrogens (tertiary/aromatic N) is 1. The van der Waals surface area contributed by atoms with E-state index in [1.807, 2.05) is 0 Å². The fraction of sp³-hybridized carbons (Fsp3) is 0.467. The number of hydrogen-bond acceptors (Lipinski definition) is 4. The molecule has 24 heavy (non-hydrogen) atoms. The molecule has 6 nitrogen and oxygen atoms in total. The van der Waals surface area contributed by atoms with E-state index in [1.54, 1.807) is 0 Å². The van der Waals surface area contributed by atoms with Gasteiger partial charge in [-0.25, -0.2) is 0 Å². The first-order chi connectivity index (χ1) is 11.4. The van der Waals surface area contributed by atoms with Gasteiger partial charge in [0.05, 0.1) is 29.3 Å². The van der Waals surface area contributed by atoms with Crippen molar-refractivity contribution in [2.24, 2.45) is 0 Å². The van der Waals surface area contributed by atoms with Crippen molar-refractivity contribution in [3.05, 3.63) is 44.5 Å². The van der Waals surface area contributed by atoms with Gasteiger partial charge in [-0.2, -0.15) is 13.2 Å². The fourth-order valence-corrected chi connectivity index (χ4v) is 2.76. The Morgan fingerprint density at radius 2 is 2.08 bits per heavy atom. The van der Waals surface area contributed by atoms with Gasteiger partial charge in [-0.15, -0.1) is 0 Å². The predicted molar refractivity (Wildman–Crippen MR) is 81.1 cm³/mol. The van der Waals surface area contributed by atoms with Crippen LogP contribution in [-0.2, 0) is 17.5 Å². The average molecular weight is 343 g/mol. The summed E-state index contributed by atoms with van der Waals surface area (Å²) in [7, 11) is 0. The van der Waals surface area contributed by atoms with Gasteiger partial charge in [-0.3, -0.25) is 9.59 Å². The molecule has 0 amide bonds. The molecular formula is C15H16F3N3O3. The minimum absolute atomic E-state index is 0.0166. The molecule has 0 radical (unpaired) electrons. The zero-order valence-electron chi connectivity index (χ0n) is 12.7. The van der Waals surface area contributed by atoms with Crippen LogP contribution in [0.2, 0.25) is 0 Å². The van der Waals surface area contributed by atoms with Crippen LogP contribution in [0, 0.1) is 0 Å². The molecular weight excluding hydrogens is 327 g/mol. The number of hydrogen-bond donors (Lipinski definition) is 2. The SMILES string of the molecule is O=c1[nH]c2cc(C(F)(F)F)ccc2n(CCC2CNCCO2)c1=O. The molecule has 1 aliphatic rings. The lowest BCUT2D eigenvalue weighted by atomic mass is 10.1. The summed E-state index contributed by atoms with van der Waals surface area (Å²) in [5, 5.41) is 3.15. The highest BCUT2D eigenvalue weighted by Crippen LogP contribution is 2.30. The van der Waals surface area contributed by atoms with Gasteiger partial charge in [-0.05, 0) is 24.6 Å². The number of nitrogens with one attached hydrogen (secondary N) is 2. The van der Waals surface area contributed by atoms with E-state index < -0.39 is 22.9 Å². The van der Waals surface area contributed by atoms with Crippen molar-refractivity contribution < 1.29 is 17.9 Å². The van der Waals surface area contributed by atoms with Crippen LogP contribution < -0.4 is 16.4 Å². The van der Waals surface area contributed by atoms with Gasteiger partial charge in [0.1, 0.15) is 0 Å². The van der Waals surface area contributed by atoms with Crippen LogP contribution in [0.5, 0.6) is 0 Å². The number of morpholine rings is 1. The quantitative estimate of drug-likeness (QED) is 0.818. The fourth-order valence-electron chi connectivity index (χ4n) is 2.76. The van der Waals surface area contributed by atoms with Crippen LogP contribution in [0.4, 0.5) is 13.2 Å². The summed E-state index contributed by atoms with van der Waals surface area (Å²) in [4.78, 5) is 26.0. The molecule has 130 valence electrons. The van der Waals surface area contributed by atoms with Crippen molar-refractivity contribution >= 4 is 11.0 Å². The van der Waals surface area contributed by atoms with Gasteiger partial charge in [0, 0.05) is 19.6 Å². The van der Waals surface area contributed by atoms with Crippen molar-refractivity contribution in [3.63, 3.8) is 0 Å². The zero-order valence-corrected chi connectivity index (χ0v) is 12.7. The van der Waals surface area contributed by atoms with Crippen molar-refractivity contribution in [2.75, 3.05) is 19.7 Å². The van der Waals surface area contributed by atoms with Crippen LogP contribution in [0.15, 0.2) is 27.8 Å². The summed E-state index contributed by atoms with van der Waals surface area (Å²) < 4.78 is 45.1. The van der Waals surface area contributed by atoms with Gasteiger partial charge < -0.3 is 19.6 Å². The lowest BCUT2D eigenvalue weighted by Gasteiger charge is -2.24. The lowest BCUT2D eigenvalue weighted by molar-refractivity contribution is -0.137. The number of benzene rings is 1. The number of halogens is 3. The maximum Gasteiger partial charge on any atom is 0.416 e. The second-order valence-corrected chi connectivity index (χ2v) is 5.63. The van der Waals surface area contributed by atoms with E-state index >= 15 is 0 Å². The van der Waals surface area contributed by atoms with E-state index in [0.717, 1.165) is 18.7 Å². The monoisotopic (exact) mass is 343 g/mol. The summed E-state index contributed by atoms with van der Waals surface area (Å²) in [5.41, 5.74) is -2.36. The van der Waals surface area contributed by atoms with E-state index in [0.29, 0.717) is 19.6 Å². The standard InChI is InChI=1S/C15H16F3N3O3/c16-15(17,18)9-1-2-12-11(7-9)20-13(22)14(23)21(12)5-3-10-8-19-4-6-24-10/h1-2,7,10,19H,3-6,8H2,(H,20,22). The Kier molecular flexibility index (Phi) is 4.46. The van der Waals surface area contributed by atoms with Gasteiger partial charge >= 0.3 is 17.3 Å². The second kappa shape index (κ2) is 6.40. The van der Waals surface area contributed by atoms with Crippen molar-refractivity contribution in [3.8, 4) is 0 Å². The number of fused-ring (bicyclic) bond motifs is 1. The largest absolute Gasteiger partial charge is 0.416 e. The summed E-state index contributed by atoms with van der Waals surface area (Å²) in [6.07, 6.45) is -4.14. The Morgan fingerprint density at radius 1 is 1.29 bits per heavy atom. The molecule has 1 saturated heterocycles. The first-order valence-corrected chi connectivity index (χ1v) is 7.52. The number of aromatic amines is 1. The number of aromatic nitrogens is 2. The third-order valence-corrected chi connectivity index (χ3v) is 3.98. The molecule has 2 heterocycles. The number of aryl methyl sites for hydroxylation is 1. The maximum atomic E-state index is 12.8. The van der Waals surface area contributed by atoms with Crippen molar-refractivity contribution in [1.82, 2.24) is 14.9 Å². The van der Waals surface area contributed by atoms with E-state index in [2.05, 4.69) is 10.3 Å². The van der Waals surface area contributed by atoms with Crippen molar-refractivity contribution in [1.29, 1.82) is 0 Å². The molecule has 2 aromatic rings. The number of ether oxygens (including phenoxy) is 1. The highest BCUT2D eigenvalue weighted by molar-refractivity contribution is 5.75. The molecule has 3 rings (SSSR count). The summed E-state index contributed by atoms with van der Waals surface area (Å²) in [6.45, 7) is 2.14. The Balaban J connectivity index is 1.97. The summed E-state index contributed by atoms with van der Waals surface area (Å²) in [6, 6.07) is 2.94. The Morgan fingerprint density at radius 3 is 2.75 bits per heavy atom. The van der Waals surface area contributed by atoms with Gasteiger partial charge in [0.15, 0.2) is 0 Å². The van der Waals surface area contributed by atoms with E-state index in [-0.39, 0.29) is 23.7 Å². The molecule has 9 heteroatoms. The van der Waals surface area contributed by atoms with Crippen LogP contribution in [0.1, 0.15) is 12.0 Å². The van der Waals surface area contributed by atoms with Gasteiger partial charge in [0.25, 0.3) is 0 Å². The van der Waals surface area contributed by atoms with Gasteiger partial charge in [0.2, 0.25) is 0 Å². The zero-order chi connectivity index (χ0) is 17.3. The third-order valence-electron chi connectivity index (χ3n) is 3.98. The normalized spacial score (nSPS) is 18.9. The van der Waals surface area contributed by atoms with Gasteiger partial charge in [-0.1, -0.05) is 0 Å². The van der Waals surface area contributed by atoms with E-state index in [1.165, 1.54) is 10.6 Å². The Labute approximate surface area is 134 Å². The molecule has 0 spiro atoms. The molecule has 0 bridgehead atoms. The average Bonchev–Trinajstić information content (AvgIpc) is 2.55. The molecule has 2 N–H and O–H groups in total.